The second kappa shape index (κ2) is 7.67. The number of anilines is 1. The molecule has 0 radical (unpaired) electrons. The topological polar surface area (TPSA) is 78.1 Å². The summed E-state index contributed by atoms with van der Waals surface area (Å²) in [4.78, 5) is 33.6. The summed E-state index contributed by atoms with van der Waals surface area (Å²) >= 11 is 0. The molecular weight excluding hydrogens is 347 g/mol. The van der Waals surface area contributed by atoms with Gasteiger partial charge in [-0.15, -0.1) is 0 Å². The van der Waals surface area contributed by atoms with Gasteiger partial charge in [-0.1, -0.05) is 18.2 Å². The zero-order valence-electron chi connectivity index (χ0n) is 15.4. The maximum Gasteiger partial charge on any atom is 0.258 e. The molecule has 0 aliphatic rings. The highest BCUT2D eigenvalue weighted by atomic mass is 19.1. The molecule has 1 amide bonds. The Hall–Kier alpha value is -3.06. The van der Waals surface area contributed by atoms with E-state index in [0.717, 1.165) is 0 Å². The molecule has 0 aliphatic carbocycles. The fourth-order valence-electron chi connectivity index (χ4n) is 2.70. The number of aromatic nitrogens is 2. The molecule has 0 spiro atoms. The number of aromatic amines is 1. The predicted octanol–water partition coefficient (Wildman–Crippen LogP) is 2.83. The minimum absolute atomic E-state index is 0.212. The summed E-state index contributed by atoms with van der Waals surface area (Å²) in [7, 11) is 1.76. The standard InChI is InChI=1S/C20H21FN4O2/c1-12-8-9-14(10-16(12)21)22-19(26)13(2)25(3)11-18-23-17-7-5-4-6-15(17)20(27)24-18/h4-10,13H,11H2,1-3H3,(H,22,26)(H,23,24,27)/t13-/m1/s1. The largest absolute Gasteiger partial charge is 0.325 e. The Bertz CT molecular complexity index is 1050. The molecule has 0 saturated heterocycles. The van der Waals surface area contributed by atoms with Gasteiger partial charge in [-0.3, -0.25) is 14.5 Å². The fraction of sp³-hybridized carbons (Fsp3) is 0.250. The van der Waals surface area contributed by atoms with E-state index in [-0.39, 0.29) is 23.8 Å². The number of H-pyrrole nitrogens is 1. The Kier molecular flexibility index (Phi) is 5.32. The van der Waals surface area contributed by atoms with Gasteiger partial charge in [0.25, 0.3) is 5.56 Å². The molecule has 27 heavy (non-hydrogen) atoms. The maximum absolute atomic E-state index is 13.6. The zero-order chi connectivity index (χ0) is 19.6. The molecule has 7 heteroatoms. The number of hydrogen-bond acceptors (Lipinski definition) is 4. The minimum Gasteiger partial charge on any atom is -0.325 e. The first-order chi connectivity index (χ1) is 12.8. The second-order valence-corrected chi connectivity index (χ2v) is 6.57. The van der Waals surface area contributed by atoms with Crippen LogP contribution in [-0.2, 0) is 11.3 Å². The number of nitrogens with one attached hydrogen (secondary N) is 2. The molecule has 0 bridgehead atoms. The first kappa shape index (κ1) is 18.7. The van der Waals surface area contributed by atoms with E-state index in [1.807, 2.05) is 6.07 Å². The highest BCUT2D eigenvalue weighted by Gasteiger charge is 2.19. The Morgan fingerprint density at radius 2 is 2.04 bits per heavy atom. The Morgan fingerprint density at radius 3 is 2.78 bits per heavy atom. The van der Waals surface area contributed by atoms with Crippen LogP contribution in [0.5, 0.6) is 0 Å². The van der Waals surface area contributed by atoms with E-state index in [4.69, 9.17) is 0 Å². The number of nitrogens with zero attached hydrogens (tertiary/aromatic N) is 2. The quantitative estimate of drug-likeness (QED) is 0.726. The number of para-hydroxylation sites is 1. The van der Waals surface area contributed by atoms with Crippen molar-refractivity contribution < 1.29 is 9.18 Å². The molecular formula is C20H21FN4O2. The van der Waals surface area contributed by atoms with E-state index in [9.17, 15) is 14.0 Å². The molecule has 0 saturated carbocycles. The number of amides is 1. The van der Waals surface area contributed by atoms with Crippen LogP contribution in [0.2, 0.25) is 0 Å². The highest BCUT2D eigenvalue weighted by Crippen LogP contribution is 2.15. The van der Waals surface area contributed by atoms with Crippen molar-refractivity contribution in [1.29, 1.82) is 0 Å². The average Bonchev–Trinajstić information content (AvgIpc) is 2.64. The van der Waals surface area contributed by atoms with Crippen molar-refractivity contribution in [3.63, 3.8) is 0 Å². The Balaban J connectivity index is 1.71. The molecule has 3 rings (SSSR count). The van der Waals surface area contributed by atoms with Gasteiger partial charge >= 0.3 is 0 Å². The van der Waals surface area contributed by atoms with Crippen molar-refractivity contribution in [2.24, 2.45) is 0 Å². The van der Waals surface area contributed by atoms with Crippen molar-refractivity contribution in [2.75, 3.05) is 12.4 Å². The molecule has 1 heterocycles. The summed E-state index contributed by atoms with van der Waals surface area (Å²) in [5.74, 6) is -0.169. The third kappa shape index (κ3) is 4.20. The van der Waals surface area contributed by atoms with Crippen LogP contribution in [0.4, 0.5) is 10.1 Å². The van der Waals surface area contributed by atoms with Gasteiger partial charge in [0, 0.05) is 5.69 Å². The molecule has 1 aromatic heterocycles. The first-order valence-corrected chi connectivity index (χ1v) is 8.60. The van der Waals surface area contributed by atoms with Crippen LogP contribution in [0.3, 0.4) is 0 Å². The number of rotatable bonds is 5. The normalized spacial score (nSPS) is 12.3. The average molecular weight is 368 g/mol. The summed E-state index contributed by atoms with van der Waals surface area (Å²) in [5.41, 5.74) is 1.32. The number of fused-ring (bicyclic) bond motifs is 1. The smallest absolute Gasteiger partial charge is 0.258 e. The number of carbonyl (C=O) groups excluding carboxylic acids is 1. The van der Waals surface area contributed by atoms with E-state index < -0.39 is 6.04 Å². The number of carbonyl (C=O) groups is 1. The highest BCUT2D eigenvalue weighted by molar-refractivity contribution is 5.94. The number of halogens is 1. The summed E-state index contributed by atoms with van der Waals surface area (Å²) in [5, 5.41) is 3.23. The number of benzene rings is 2. The van der Waals surface area contributed by atoms with E-state index in [0.29, 0.717) is 28.0 Å². The van der Waals surface area contributed by atoms with Gasteiger partial charge in [0.2, 0.25) is 5.91 Å². The summed E-state index contributed by atoms with van der Waals surface area (Å²) in [6.07, 6.45) is 0. The van der Waals surface area contributed by atoms with Crippen LogP contribution in [0, 0.1) is 12.7 Å². The van der Waals surface area contributed by atoms with Gasteiger partial charge < -0.3 is 10.3 Å². The molecule has 1 atom stereocenters. The third-order valence-electron chi connectivity index (χ3n) is 4.54. The van der Waals surface area contributed by atoms with Crippen molar-refractivity contribution in [3.05, 3.63) is 70.0 Å². The molecule has 3 aromatic rings. The van der Waals surface area contributed by atoms with E-state index in [1.54, 1.807) is 56.1 Å². The SMILES string of the molecule is Cc1ccc(NC(=O)[C@@H](C)N(C)Cc2nc3ccccc3c(=O)[nH]2)cc1F. The maximum atomic E-state index is 13.6. The molecule has 0 fully saturated rings. The molecule has 140 valence electrons. The number of likely N-dealkylation sites (N-methyl/N-ethyl adjacent to an activating group) is 1. The summed E-state index contributed by atoms with van der Waals surface area (Å²) < 4.78 is 13.6. The van der Waals surface area contributed by atoms with Gasteiger partial charge in [-0.05, 0) is 50.7 Å². The summed E-state index contributed by atoms with van der Waals surface area (Å²) in [6.45, 7) is 3.69. The second-order valence-electron chi connectivity index (χ2n) is 6.57. The molecule has 2 N–H and O–H groups in total. The monoisotopic (exact) mass is 368 g/mol. The Labute approximate surface area is 156 Å². The van der Waals surface area contributed by atoms with Gasteiger partial charge in [-0.2, -0.15) is 0 Å². The van der Waals surface area contributed by atoms with Gasteiger partial charge in [0.15, 0.2) is 0 Å². The van der Waals surface area contributed by atoms with E-state index >= 15 is 0 Å². The van der Waals surface area contributed by atoms with Crippen molar-refractivity contribution in [2.45, 2.75) is 26.4 Å². The lowest BCUT2D eigenvalue weighted by molar-refractivity contribution is -0.120. The third-order valence-corrected chi connectivity index (χ3v) is 4.54. The zero-order valence-corrected chi connectivity index (χ0v) is 15.4. The lowest BCUT2D eigenvalue weighted by Gasteiger charge is -2.23. The lowest BCUT2D eigenvalue weighted by Crippen LogP contribution is -2.39. The molecule has 6 nitrogen and oxygen atoms in total. The van der Waals surface area contributed by atoms with Gasteiger partial charge in [0.05, 0.1) is 23.5 Å². The van der Waals surface area contributed by atoms with Crippen LogP contribution in [0.1, 0.15) is 18.3 Å². The molecule has 0 aliphatic heterocycles. The van der Waals surface area contributed by atoms with Crippen LogP contribution in [0.25, 0.3) is 10.9 Å². The first-order valence-electron chi connectivity index (χ1n) is 8.60. The fourth-order valence-corrected chi connectivity index (χ4v) is 2.70. The lowest BCUT2D eigenvalue weighted by atomic mass is 10.2. The molecule has 0 unspecified atom stereocenters. The van der Waals surface area contributed by atoms with Crippen LogP contribution < -0.4 is 10.9 Å². The van der Waals surface area contributed by atoms with Crippen molar-refractivity contribution in [3.8, 4) is 0 Å². The predicted molar refractivity (Wildman–Crippen MR) is 103 cm³/mol. The number of hydrogen-bond donors (Lipinski definition) is 2. The van der Waals surface area contributed by atoms with E-state index in [1.165, 1.54) is 6.07 Å². The van der Waals surface area contributed by atoms with Crippen LogP contribution in [0.15, 0.2) is 47.3 Å². The number of aryl methyl sites for hydroxylation is 1. The van der Waals surface area contributed by atoms with Crippen LogP contribution >= 0.6 is 0 Å². The Morgan fingerprint density at radius 1 is 1.30 bits per heavy atom. The van der Waals surface area contributed by atoms with Gasteiger partial charge in [0.1, 0.15) is 11.6 Å². The summed E-state index contributed by atoms with van der Waals surface area (Å²) in [6, 6.07) is 11.1. The van der Waals surface area contributed by atoms with Crippen molar-refractivity contribution in [1.82, 2.24) is 14.9 Å². The van der Waals surface area contributed by atoms with Gasteiger partial charge in [-0.25, -0.2) is 9.37 Å². The molecule has 2 aromatic carbocycles. The van der Waals surface area contributed by atoms with E-state index in [2.05, 4.69) is 15.3 Å². The van der Waals surface area contributed by atoms with Crippen molar-refractivity contribution >= 4 is 22.5 Å². The minimum atomic E-state index is -0.508. The van der Waals surface area contributed by atoms with Crippen LogP contribution in [-0.4, -0.2) is 33.9 Å².